The summed E-state index contributed by atoms with van der Waals surface area (Å²) in [4.78, 5) is 0. The van der Waals surface area contributed by atoms with Crippen molar-refractivity contribution in [2.75, 3.05) is 0 Å². The van der Waals surface area contributed by atoms with E-state index in [-0.39, 0.29) is 0 Å². The summed E-state index contributed by atoms with van der Waals surface area (Å²) in [5.74, 6) is 14.1. The summed E-state index contributed by atoms with van der Waals surface area (Å²) in [6, 6.07) is 28.5. The Hall–Kier alpha value is -3.97. The summed E-state index contributed by atoms with van der Waals surface area (Å²) in [6.07, 6.45) is 0. The van der Waals surface area contributed by atoms with Gasteiger partial charge in [0.2, 0.25) is 0 Å². The van der Waals surface area contributed by atoms with Crippen LogP contribution >= 0.6 is 0 Å². The first-order chi connectivity index (χ1) is 15.3. The van der Waals surface area contributed by atoms with Gasteiger partial charge in [-0.3, -0.25) is 0 Å². The van der Waals surface area contributed by atoms with Crippen molar-refractivity contribution in [3.8, 4) is 23.7 Å². The fourth-order valence-electron chi connectivity index (χ4n) is 3.09. The molecule has 1 heterocycles. The van der Waals surface area contributed by atoms with E-state index in [1.54, 1.807) is 0 Å². The van der Waals surface area contributed by atoms with Crippen molar-refractivity contribution in [2.45, 2.75) is 6.54 Å². The molecule has 0 amide bonds. The van der Waals surface area contributed by atoms with Crippen molar-refractivity contribution < 1.29 is 21.8 Å². The second-order valence-corrected chi connectivity index (χ2v) is 6.74. The van der Waals surface area contributed by atoms with Crippen molar-refractivity contribution in [1.29, 1.82) is 0 Å². The van der Waals surface area contributed by atoms with Crippen LogP contribution in [0.3, 0.4) is 0 Å². The van der Waals surface area contributed by atoms with Gasteiger partial charge < -0.3 is 17.3 Å². The molecule has 32 heavy (non-hydrogen) atoms. The number of benzene rings is 3. The van der Waals surface area contributed by atoms with Crippen LogP contribution in [0, 0.1) is 23.7 Å². The van der Waals surface area contributed by atoms with Gasteiger partial charge in [-0.15, -0.1) is 0 Å². The van der Waals surface area contributed by atoms with Crippen LogP contribution in [-0.2, 0) is 13.6 Å². The lowest BCUT2D eigenvalue weighted by Crippen LogP contribution is -2.31. The highest BCUT2D eigenvalue weighted by molar-refractivity contribution is 6.50. The summed E-state index contributed by atoms with van der Waals surface area (Å²) in [6.45, 7) is 0.592. The van der Waals surface area contributed by atoms with Gasteiger partial charge in [0.15, 0.2) is 17.6 Å². The quantitative estimate of drug-likeness (QED) is 0.168. The molecule has 0 aliphatic rings. The van der Waals surface area contributed by atoms with Crippen LogP contribution in [0.15, 0.2) is 84.9 Å². The second kappa shape index (κ2) is 10.4. The molecule has 4 aromatic rings. The van der Waals surface area contributed by atoms with E-state index in [9.17, 15) is 17.3 Å². The molecule has 7 heteroatoms. The standard InChI is InChI=1S/C25H19N2.BF4/c1-26-23-16-8-9-17-24(23)27(20-10-15-21-11-4-2-5-12-21)25(26)19-18-22-13-6-3-7-14-22;2-1(3,4)5/h2-9,11-14,16-17H,20H2,1H3;/q+1;-1. The predicted molar refractivity (Wildman–Crippen MR) is 119 cm³/mol. The Morgan fingerprint density at radius 2 is 1.22 bits per heavy atom. The van der Waals surface area contributed by atoms with E-state index in [1.807, 2.05) is 60.7 Å². The SMILES string of the molecule is C[n+]1c(C#Cc2ccccc2)n(CC#Cc2ccccc2)c2ccccc21.F[B-](F)(F)F. The molecule has 4 rings (SSSR count). The average Bonchev–Trinajstić information content (AvgIpc) is 3.04. The zero-order valence-electron chi connectivity index (χ0n) is 17.3. The van der Waals surface area contributed by atoms with E-state index in [0.29, 0.717) is 6.54 Å². The number of fused-ring (bicyclic) bond motifs is 1. The number of hydrogen-bond donors (Lipinski definition) is 0. The Balaban J connectivity index is 0.000000523. The molecule has 0 saturated heterocycles. The highest BCUT2D eigenvalue weighted by Gasteiger charge is 2.21. The minimum atomic E-state index is -6.00. The smallest absolute Gasteiger partial charge is 0.418 e. The summed E-state index contributed by atoms with van der Waals surface area (Å²) in [5.41, 5.74) is 4.32. The lowest BCUT2D eigenvalue weighted by molar-refractivity contribution is -0.648. The molecule has 0 aliphatic heterocycles. The van der Waals surface area contributed by atoms with Crippen LogP contribution < -0.4 is 4.57 Å². The molecular weight excluding hydrogens is 415 g/mol. The van der Waals surface area contributed by atoms with Gasteiger partial charge >= 0.3 is 13.1 Å². The Labute approximate surface area is 184 Å². The minimum absolute atomic E-state index is 0.592. The number of para-hydroxylation sites is 2. The van der Waals surface area contributed by atoms with E-state index in [1.165, 1.54) is 0 Å². The zero-order valence-corrected chi connectivity index (χ0v) is 17.3. The Morgan fingerprint density at radius 1 is 0.719 bits per heavy atom. The third kappa shape index (κ3) is 6.52. The number of rotatable bonds is 1. The first kappa shape index (κ1) is 22.7. The van der Waals surface area contributed by atoms with Gasteiger partial charge in [0, 0.05) is 17.0 Å². The third-order valence-corrected chi connectivity index (χ3v) is 4.44. The van der Waals surface area contributed by atoms with Crippen LogP contribution in [0.5, 0.6) is 0 Å². The average molecular weight is 434 g/mol. The molecule has 3 aromatic carbocycles. The van der Waals surface area contributed by atoms with Crippen LogP contribution in [0.4, 0.5) is 17.3 Å². The normalized spacial score (nSPS) is 10.3. The Morgan fingerprint density at radius 3 is 1.81 bits per heavy atom. The van der Waals surface area contributed by atoms with Crippen molar-refractivity contribution >= 4 is 18.3 Å². The molecule has 0 spiro atoms. The molecule has 160 valence electrons. The summed E-state index contributed by atoms with van der Waals surface area (Å²) in [7, 11) is -3.95. The van der Waals surface area contributed by atoms with Gasteiger partial charge in [-0.05, 0) is 36.4 Å². The summed E-state index contributed by atoms with van der Waals surface area (Å²) < 4.78 is 43.3. The number of aryl methyl sites for hydroxylation is 1. The first-order valence-corrected chi connectivity index (χ1v) is 9.78. The molecule has 0 bridgehead atoms. The molecule has 2 nitrogen and oxygen atoms in total. The fraction of sp³-hybridized carbons (Fsp3) is 0.0800. The van der Waals surface area contributed by atoms with Crippen LogP contribution in [0.25, 0.3) is 11.0 Å². The van der Waals surface area contributed by atoms with Gasteiger partial charge in [0.1, 0.15) is 0 Å². The Kier molecular flexibility index (Phi) is 7.36. The topological polar surface area (TPSA) is 8.81 Å². The van der Waals surface area contributed by atoms with E-state index in [2.05, 4.69) is 64.1 Å². The number of halogens is 4. The first-order valence-electron chi connectivity index (χ1n) is 9.78. The van der Waals surface area contributed by atoms with Crippen LogP contribution in [0.2, 0.25) is 0 Å². The zero-order chi connectivity index (χ0) is 23.0. The highest BCUT2D eigenvalue weighted by Crippen LogP contribution is 2.13. The molecule has 0 unspecified atom stereocenters. The predicted octanol–water partition coefficient (Wildman–Crippen LogP) is 5.22. The van der Waals surface area contributed by atoms with E-state index < -0.39 is 7.25 Å². The van der Waals surface area contributed by atoms with Gasteiger partial charge in [-0.1, -0.05) is 66.3 Å². The van der Waals surface area contributed by atoms with Gasteiger partial charge in [0.25, 0.3) is 0 Å². The Bertz CT molecular complexity index is 1300. The summed E-state index contributed by atoms with van der Waals surface area (Å²) >= 11 is 0. The van der Waals surface area contributed by atoms with Crippen molar-refractivity contribution in [1.82, 2.24) is 4.57 Å². The molecule has 1 aromatic heterocycles. The maximum atomic E-state index is 9.75. The second-order valence-electron chi connectivity index (χ2n) is 6.74. The fourth-order valence-corrected chi connectivity index (χ4v) is 3.09. The molecule has 0 radical (unpaired) electrons. The monoisotopic (exact) mass is 434 g/mol. The van der Waals surface area contributed by atoms with Crippen LogP contribution in [-0.4, -0.2) is 11.8 Å². The maximum Gasteiger partial charge on any atom is 0.673 e. The molecule has 0 atom stereocenters. The van der Waals surface area contributed by atoms with Gasteiger partial charge in [-0.2, -0.15) is 0 Å². The highest BCUT2D eigenvalue weighted by atomic mass is 19.5. The van der Waals surface area contributed by atoms with Gasteiger partial charge in [0.05, 0.1) is 7.05 Å². The molecule has 0 N–H and O–H groups in total. The lowest BCUT2D eigenvalue weighted by atomic mass is 10.2. The largest absolute Gasteiger partial charge is 0.673 e. The minimum Gasteiger partial charge on any atom is -0.418 e. The van der Waals surface area contributed by atoms with E-state index in [0.717, 1.165) is 28.0 Å². The van der Waals surface area contributed by atoms with Crippen LogP contribution in [0.1, 0.15) is 17.0 Å². The summed E-state index contributed by atoms with van der Waals surface area (Å²) in [5, 5.41) is 0. The van der Waals surface area contributed by atoms with Crippen molar-refractivity contribution in [3.63, 3.8) is 0 Å². The van der Waals surface area contributed by atoms with E-state index >= 15 is 0 Å². The number of hydrogen-bond acceptors (Lipinski definition) is 0. The van der Waals surface area contributed by atoms with Crippen molar-refractivity contribution in [2.24, 2.45) is 7.05 Å². The molecule has 0 saturated carbocycles. The van der Waals surface area contributed by atoms with E-state index in [4.69, 9.17) is 0 Å². The molecule has 0 fully saturated rings. The lowest BCUT2D eigenvalue weighted by Gasteiger charge is -1.94. The number of imidazole rings is 1. The third-order valence-electron chi connectivity index (χ3n) is 4.44. The maximum absolute atomic E-state index is 9.75. The molecule has 0 aliphatic carbocycles. The van der Waals surface area contributed by atoms with Gasteiger partial charge in [-0.25, -0.2) is 9.13 Å². The number of aromatic nitrogens is 2. The molecular formula is C25H19BF4N2. The van der Waals surface area contributed by atoms with Crippen molar-refractivity contribution in [3.05, 3.63) is 102 Å². The number of nitrogens with zero attached hydrogens (tertiary/aromatic N) is 2.